The molecule has 0 radical (unpaired) electrons. The summed E-state index contributed by atoms with van der Waals surface area (Å²) in [7, 11) is -8.64. The zero-order valence-electron chi connectivity index (χ0n) is 33.5. The van der Waals surface area contributed by atoms with E-state index in [0.29, 0.717) is 47.0 Å². The van der Waals surface area contributed by atoms with Gasteiger partial charge in [-0.15, -0.1) is 0 Å². The molecule has 10 heteroatoms. The molecule has 0 saturated heterocycles. The summed E-state index contributed by atoms with van der Waals surface area (Å²) >= 11 is 0. The molecule has 0 fully saturated rings. The largest absolute Gasteiger partial charge is 0.492 e. The van der Waals surface area contributed by atoms with Crippen molar-refractivity contribution in [1.82, 2.24) is 0 Å². The van der Waals surface area contributed by atoms with E-state index in [2.05, 4.69) is 37.5 Å². The number of hydrogen-bond acceptors (Lipinski definition) is 6. The van der Waals surface area contributed by atoms with Crippen LogP contribution in [0.25, 0.3) is 0 Å². The van der Waals surface area contributed by atoms with Crippen LogP contribution < -0.4 is 9.47 Å². The van der Waals surface area contributed by atoms with Gasteiger partial charge in [0.15, 0.2) is 0 Å². The molecule has 0 atom stereocenters. The van der Waals surface area contributed by atoms with E-state index in [4.69, 9.17) is 9.47 Å². The van der Waals surface area contributed by atoms with E-state index >= 15 is 0 Å². The highest BCUT2D eigenvalue weighted by Gasteiger charge is 2.13. The van der Waals surface area contributed by atoms with Gasteiger partial charge in [0.2, 0.25) is 0 Å². The zero-order valence-corrected chi connectivity index (χ0v) is 35.1. The fourth-order valence-electron chi connectivity index (χ4n) is 6.24. The summed E-state index contributed by atoms with van der Waals surface area (Å²) in [5, 5.41) is 0. The van der Waals surface area contributed by atoms with Crippen LogP contribution in [0.15, 0.2) is 70.5 Å². The van der Waals surface area contributed by atoms with Crippen LogP contribution in [0.5, 0.6) is 11.5 Å². The Bertz CT molecular complexity index is 1790. The van der Waals surface area contributed by atoms with Crippen LogP contribution in [0.2, 0.25) is 0 Å². The summed E-state index contributed by atoms with van der Waals surface area (Å²) in [5.41, 5.74) is 2.31. The van der Waals surface area contributed by atoms with E-state index in [-0.39, 0.29) is 9.79 Å². The highest BCUT2D eigenvalue weighted by molar-refractivity contribution is 7.86. The van der Waals surface area contributed by atoms with Crippen molar-refractivity contribution in [2.75, 3.05) is 13.2 Å². The first-order valence-corrected chi connectivity index (χ1v) is 23.5. The highest BCUT2D eigenvalue weighted by atomic mass is 32.2. The van der Waals surface area contributed by atoms with E-state index in [1.165, 1.54) is 138 Å². The molecule has 0 unspecified atom stereocenters. The van der Waals surface area contributed by atoms with Gasteiger partial charge in [-0.05, 0) is 61.4 Å². The maximum absolute atomic E-state index is 11.5. The maximum atomic E-state index is 11.5. The van der Waals surface area contributed by atoms with Crippen LogP contribution in [-0.4, -0.2) is 39.2 Å². The fourth-order valence-corrected chi connectivity index (χ4v) is 7.20. The molecule has 306 valence electrons. The summed E-state index contributed by atoms with van der Waals surface area (Å²) in [5.74, 6) is 13.6. The first-order valence-electron chi connectivity index (χ1n) is 20.6. The van der Waals surface area contributed by atoms with Gasteiger partial charge >= 0.3 is 0 Å². The second-order valence-electron chi connectivity index (χ2n) is 14.4. The third-order valence-electron chi connectivity index (χ3n) is 9.58. The molecule has 0 aliphatic heterocycles. The van der Waals surface area contributed by atoms with Gasteiger partial charge in [-0.1, -0.05) is 153 Å². The Hall–Kier alpha value is -3.80. The number of rotatable bonds is 26. The van der Waals surface area contributed by atoms with Gasteiger partial charge in [-0.3, -0.25) is 9.11 Å². The molecule has 0 bridgehead atoms. The van der Waals surface area contributed by atoms with E-state index in [1.807, 2.05) is 12.1 Å². The normalized spacial score (nSPS) is 11.4. The molecule has 8 nitrogen and oxygen atoms in total. The summed E-state index contributed by atoms with van der Waals surface area (Å²) in [6.45, 7) is 5.46. The second-order valence-corrected chi connectivity index (χ2v) is 17.2. The summed E-state index contributed by atoms with van der Waals surface area (Å²) < 4.78 is 77.6. The molecule has 0 heterocycles. The fraction of sp³-hybridized carbons (Fsp3) is 0.522. The molecule has 2 N–H and O–H groups in total. The monoisotopic (exact) mass is 806 g/mol. The second kappa shape index (κ2) is 26.2. The molecule has 0 amide bonds. The lowest BCUT2D eigenvalue weighted by Gasteiger charge is -2.14. The van der Waals surface area contributed by atoms with Crippen molar-refractivity contribution >= 4 is 20.2 Å². The standard InChI is InChI=1S/C46H62O8S2/c1-3-5-7-9-11-13-15-17-19-21-35-53-45-37-42(30-24-40-27-33-44(34-28-40)56(50,51)52)46(54-36-22-20-18-16-14-12-10-8-6-4-2)38-41(45)29-23-39-25-31-43(32-26-39)55(47,48)49/h25-28,31-34,37-38H,3-22,35-36H2,1-2H3,(H,47,48,49)(H,50,51,52). The van der Waals surface area contributed by atoms with Crippen LogP contribution >= 0.6 is 0 Å². The molecule has 0 saturated carbocycles. The minimum atomic E-state index is -4.32. The molecule has 3 aromatic rings. The smallest absolute Gasteiger partial charge is 0.294 e. The third kappa shape index (κ3) is 18.9. The van der Waals surface area contributed by atoms with Crippen LogP contribution in [0.3, 0.4) is 0 Å². The highest BCUT2D eigenvalue weighted by Crippen LogP contribution is 2.30. The lowest BCUT2D eigenvalue weighted by atomic mass is 10.1. The first-order chi connectivity index (χ1) is 27.0. The van der Waals surface area contributed by atoms with E-state index in [9.17, 15) is 25.9 Å². The lowest BCUT2D eigenvalue weighted by molar-refractivity contribution is 0.295. The molecule has 56 heavy (non-hydrogen) atoms. The summed E-state index contributed by atoms with van der Waals surface area (Å²) in [4.78, 5) is -0.413. The van der Waals surface area contributed by atoms with Crippen molar-refractivity contribution < 1.29 is 35.4 Å². The molecular formula is C46H62O8S2. The van der Waals surface area contributed by atoms with Crippen molar-refractivity contribution in [3.63, 3.8) is 0 Å². The van der Waals surface area contributed by atoms with Gasteiger partial charge in [-0.2, -0.15) is 16.8 Å². The molecule has 3 aromatic carbocycles. The average Bonchev–Trinajstić information content (AvgIpc) is 3.17. The van der Waals surface area contributed by atoms with Crippen molar-refractivity contribution in [2.24, 2.45) is 0 Å². The van der Waals surface area contributed by atoms with Gasteiger partial charge < -0.3 is 9.47 Å². The first kappa shape index (κ1) is 46.6. The minimum absolute atomic E-state index is 0.207. The Morgan fingerprint density at radius 2 is 0.714 bits per heavy atom. The van der Waals surface area contributed by atoms with Gasteiger partial charge in [0.05, 0.1) is 34.1 Å². The number of benzene rings is 3. The Morgan fingerprint density at radius 3 is 1.00 bits per heavy atom. The van der Waals surface area contributed by atoms with Crippen LogP contribution in [0.4, 0.5) is 0 Å². The van der Waals surface area contributed by atoms with Crippen molar-refractivity contribution in [3.05, 3.63) is 82.9 Å². The summed E-state index contributed by atoms with van der Waals surface area (Å²) in [6.07, 6.45) is 24.1. The minimum Gasteiger partial charge on any atom is -0.492 e. The van der Waals surface area contributed by atoms with Crippen LogP contribution in [0.1, 0.15) is 165 Å². The van der Waals surface area contributed by atoms with E-state index < -0.39 is 20.2 Å². The van der Waals surface area contributed by atoms with Crippen LogP contribution in [-0.2, 0) is 20.2 Å². The van der Waals surface area contributed by atoms with Gasteiger partial charge in [0.25, 0.3) is 20.2 Å². The molecular weight excluding hydrogens is 745 g/mol. The SMILES string of the molecule is CCCCCCCCCCCCOc1cc(C#Cc2ccc(S(=O)(=O)O)cc2)c(OCCCCCCCCCCCC)cc1C#Cc1ccc(S(=O)(=O)O)cc1. The lowest BCUT2D eigenvalue weighted by Crippen LogP contribution is -2.03. The van der Waals surface area contributed by atoms with Gasteiger partial charge in [0, 0.05) is 23.3 Å². The van der Waals surface area contributed by atoms with Crippen LogP contribution in [0, 0.1) is 23.7 Å². The predicted octanol–water partition coefficient (Wildman–Crippen LogP) is 11.6. The zero-order chi connectivity index (χ0) is 40.5. The molecule has 0 aliphatic rings. The number of ether oxygens (including phenoxy) is 2. The molecule has 0 spiro atoms. The van der Waals surface area contributed by atoms with Crippen molar-refractivity contribution in [3.8, 4) is 35.2 Å². The Kier molecular flexibility index (Phi) is 21.8. The Labute approximate surface area is 337 Å². The third-order valence-corrected chi connectivity index (χ3v) is 11.3. The van der Waals surface area contributed by atoms with Crippen molar-refractivity contribution in [1.29, 1.82) is 0 Å². The van der Waals surface area contributed by atoms with E-state index in [0.717, 1.165) is 38.5 Å². The summed E-state index contributed by atoms with van der Waals surface area (Å²) in [6, 6.07) is 15.0. The Balaban J connectivity index is 1.81. The Morgan fingerprint density at radius 1 is 0.429 bits per heavy atom. The molecule has 0 aliphatic carbocycles. The predicted molar refractivity (Wildman–Crippen MR) is 226 cm³/mol. The average molecular weight is 807 g/mol. The quantitative estimate of drug-likeness (QED) is 0.0466. The molecule has 0 aromatic heterocycles. The topological polar surface area (TPSA) is 127 Å². The van der Waals surface area contributed by atoms with E-state index in [1.54, 1.807) is 0 Å². The van der Waals surface area contributed by atoms with Crippen molar-refractivity contribution in [2.45, 2.75) is 152 Å². The number of hydrogen-bond donors (Lipinski definition) is 2. The maximum Gasteiger partial charge on any atom is 0.294 e. The number of unbranched alkanes of at least 4 members (excludes halogenated alkanes) is 18. The van der Waals surface area contributed by atoms with Gasteiger partial charge in [0.1, 0.15) is 11.5 Å². The molecule has 3 rings (SSSR count). The van der Waals surface area contributed by atoms with Gasteiger partial charge in [-0.25, -0.2) is 0 Å².